The monoisotopic (exact) mass is 934 g/mol. The Morgan fingerprint density at radius 1 is 0.627 bits per heavy atom. The first-order valence-electron chi connectivity index (χ1n) is 22.4. The maximum atomic E-state index is 13.2. The summed E-state index contributed by atoms with van der Waals surface area (Å²) in [4.78, 5) is 33.3. The minimum atomic E-state index is -3.64. The Hall–Kier alpha value is -6.71. The molecular weight excluding hydrogens is 877 g/mol. The number of H-pyrrole nitrogens is 2. The van der Waals surface area contributed by atoms with Crippen LogP contribution in [0.2, 0.25) is 0 Å². The van der Waals surface area contributed by atoms with Gasteiger partial charge in [0.05, 0.1) is 39.2 Å². The van der Waals surface area contributed by atoms with E-state index in [1.54, 1.807) is 42.7 Å². The molecule has 0 unspecified atom stereocenters. The van der Waals surface area contributed by atoms with Gasteiger partial charge in [0.25, 0.3) is 0 Å². The lowest BCUT2D eigenvalue weighted by Crippen LogP contribution is -2.46. The van der Waals surface area contributed by atoms with E-state index >= 15 is 0 Å². The number of nitrogens with zero attached hydrogens (tertiary/aromatic N) is 9. The Balaban J connectivity index is 0.000000188. The lowest BCUT2D eigenvalue weighted by Gasteiger charge is -2.38. The average Bonchev–Trinajstić information content (AvgIpc) is 4.14. The van der Waals surface area contributed by atoms with Crippen molar-refractivity contribution in [1.82, 2.24) is 59.5 Å². The van der Waals surface area contributed by atoms with Crippen molar-refractivity contribution in [2.45, 2.75) is 107 Å². The molecule has 7 aromatic rings. The molecule has 0 radical (unpaired) electrons. The molecule has 9 rings (SSSR count). The Bertz CT molecular complexity index is 2980. The molecule has 5 N–H and O–H groups in total. The van der Waals surface area contributed by atoms with E-state index in [-0.39, 0.29) is 40.4 Å². The molecule has 0 spiro atoms. The number of hydrogen-bond donors (Lipinski definition) is 5. The first-order valence-corrected chi connectivity index (χ1v) is 23.8. The van der Waals surface area contributed by atoms with Gasteiger partial charge in [0.15, 0.2) is 0 Å². The van der Waals surface area contributed by atoms with Gasteiger partial charge >= 0.3 is 11.5 Å². The van der Waals surface area contributed by atoms with Crippen molar-refractivity contribution in [3.05, 3.63) is 136 Å². The summed E-state index contributed by atoms with van der Waals surface area (Å²) in [5.41, 5.74) is 0.300. The second-order valence-electron chi connectivity index (χ2n) is 19.1. The van der Waals surface area contributed by atoms with Gasteiger partial charge in [-0.3, -0.25) is 0 Å². The molecule has 1 aromatic carbocycles. The Morgan fingerprint density at radius 2 is 1.09 bits per heavy atom. The number of benzene rings is 1. The molecule has 0 saturated carbocycles. The summed E-state index contributed by atoms with van der Waals surface area (Å²) in [6, 6.07) is 23.8. The molecule has 2 aliphatic rings. The zero-order chi connectivity index (χ0) is 47.5. The molecule has 0 aliphatic carbocycles. The molecule has 21 heteroatoms. The van der Waals surface area contributed by atoms with Crippen molar-refractivity contribution in [2.24, 2.45) is 0 Å². The van der Waals surface area contributed by atoms with Gasteiger partial charge in [0.1, 0.15) is 23.3 Å². The van der Waals surface area contributed by atoms with Crippen LogP contribution in [0.3, 0.4) is 0 Å². The summed E-state index contributed by atoms with van der Waals surface area (Å²) in [7, 11) is -3.64. The van der Waals surface area contributed by atoms with Crippen molar-refractivity contribution in [2.75, 3.05) is 36.8 Å². The molecule has 0 bridgehead atoms. The fraction of sp³-hybridized carbons (Fsp3) is 0.435. The van der Waals surface area contributed by atoms with Gasteiger partial charge in [-0.25, -0.2) is 47.5 Å². The van der Waals surface area contributed by atoms with Crippen molar-refractivity contribution in [3.63, 3.8) is 0 Å². The standard InChI is InChI=1S/C26H31N7O4S.C20H27N7O2/c1-25(2,3)33-22(12-15-27-33)29-21-11-7-8-19(28-21)18-26(23-30-31-24(34)37-23)13-16-32(17-14-26)38(35,36)20-9-5-4-6-10-20;1-19(2,3)27-16(7-10-22-27)24-15-6-4-5-14(23-15)13-20(8-11-21-12-9-20)17-25-26-18(28)29-17/h4-12,15H,13-14,16-18H2,1-3H3,(H,28,29)(H,31,34);4-7,10,21H,8-9,11-13H2,1-3H3,(H,23,24)(H,26,28). The van der Waals surface area contributed by atoms with E-state index in [2.05, 4.69) is 88.1 Å². The molecule has 6 aromatic heterocycles. The topological polar surface area (TPSA) is 253 Å². The van der Waals surface area contributed by atoms with E-state index in [1.807, 2.05) is 57.9 Å². The van der Waals surface area contributed by atoms with E-state index in [9.17, 15) is 18.0 Å². The van der Waals surface area contributed by atoms with Crippen LogP contribution in [0.1, 0.15) is 90.4 Å². The van der Waals surface area contributed by atoms with E-state index in [1.165, 1.54) is 4.31 Å². The highest BCUT2D eigenvalue weighted by Crippen LogP contribution is 2.39. The Labute approximate surface area is 388 Å². The second kappa shape index (κ2) is 18.9. The molecule has 354 valence electrons. The van der Waals surface area contributed by atoms with Gasteiger partial charge < -0.3 is 24.8 Å². The average molecular weight is 935 g/mol. The zero-order valence-electron chi connectivity index (χ0n) is 38.6. The van der Waals surface area contributed by atoms with Crippen LogP contribution in [0.5, 0.6) is 0 Å². The van der Waals surface area contributed by atoms with Crippen molar-refractivity contribution in [1.29, 1.82) is 0 Å². The van der Waals surface area contributed by atoms with Gasteiger partial charge in [-0.2, -0.15) is 14.5 Å². The van der Waals surface area contributed by atoms with Gasteiger partial charge in [-0.05, 0) is 117 Å². The zero-order valence-corrected chi connectivity index (χ0v) is 39.4. The highest BCUT2D eigenvalue weighted by atomic mass is 32.2. The lowest BCUT2D eigenvalue weighted by atomic mass is 9.75. The van der Waals surface area contributed by atoms with Gasteiger partial charge in [0.2, 0.25) is 21.8 Å². The molecular formula is C46H58N14O6S. The number of pyridine rings is 2. The number of aromatic nitrogens is 10. The maximum Gasteiger partial charge on any atom is 0.434 e. The number of aromatic amines is 2. The molecule has 0 amide bonds. The summed E-state index contributed by atoms with van der Waals surface area (Å²) >= 11 is 0. The van der Waals surface area contributed by atoms with Crippen LogP contribution in [0, 0.1) is 0 Å². The SMILES string of the molecule is CC(C)(C)n1nccc1Nc1cccc(CC2(c3n[nH]c(=O)o3)CCN(S(=O)(=O)c3ccccc3)CC2)n1.CC(C)(C)n1nccc1Nc1cccc(CC2(c3n[nH]c(=O)o3)CCNCC2)n1. The third-order valence-corrected chi connectivity index (χ3v) is 14.0. The number of anilines is 4. The minimum Gasteiger partial charge on any atom is -0.392 e. The fourth-order valence-corrected chi connectivity index (χ4v) is 10.2. The van der Waals surface area contributed by atoms with Crippen LogP contribution in [0.4, 0.5) is 23.3 Å². The summed E-state index contributed by atoms with van der Waals surface area (Å²) in [5, 5.41) is 32.0. The van der Waals surface area contributed by atoms with Gasteiger partial charge in [0, 0.05) is 49.5 Å². The summed E-state index contributed by atoms with van der Waals surface area (Å²) in [6.07, 6.45) is 7.09. The Kier molecular flexibility index (Phi) is 13.2. The van der Waals surface area contributed by atoms with Crippen LogP contribution in [0.15, 0.2) is 115 Å². The smallest absolute Gasteiger partial charge is 0.392 e. The quantitative estimate of drug-likeness (QED) is 0.0980. The number of hydrogen-bond acceptors (Lipinski definition) is 15. The normalized spacial score (nSPS) is 16.5. The summed E-state index contributed by atoms with van der Waals surface area (Å²) in [5.74, 6) is 2.68. The predicted octanol–water partition coefficient (Wildman–Crippen LogP) is 5.74. The minimum absolute atomic E-state index is 0.139. The van der Waals surface area contributed by atoms with Crippen molar-refractivity contribution < 1.29 is 17.3 Å². The van der Waals surface area contributed by atoms with E-state index in [0.29, 0.717) is 37.4 Å². The van der Waals surface area contributed by atoms with Crippen LogP contribution < -0.4 is 27.5 Å². The first kappa shape index (κ1) is 46.8. The maximum absolute atomic E-state index is 13.2. The molecule has 2 aliphatic heterocycles. The molecule has 8 heterocycles. The van der Waals surface area contributed by atoms with E-state index in [4.69, 9.17) is 18.8 Å². The summed E-state index contributed by atoms with van der Waals surface area (Å²) in [6.45, 7) is 14.7. The van der Waals surface area contributed by atoms with Crippen molar-refractivity contribution in [3.8, 4) is 0 Å². The van der Waals surface area contributed by atoms with Gasteiger partial charge in [-0.1, -0.05) is 30.3 Å². The van der Waals surface area contributed by atoms with E-state index < -0.39 is 27.0 Å². The van der Waals surface area contributed by atoms with Crippen molar-refractivity contribution >= 4 is 33.3 Å². The van der Waals surface area contributed by atoms with Crippen LogP contribution in [-0.4, -0.2) is 88.8 Å². The highest BCUT2D eigenvalue weighted by molar-refractivity contribution is 7.89. The molecule has 2 saturated heterocycles. The number of nitrogens with one attached hydrogen (secondary N) is 5. The highest BCUT2D eigenvalue weighted by Gasteiger charge is 2.44. The number of piperidine rings is 2. The number of rotatable bonds is 12. The Morgan fingerprint density at radius 3 is 1.52 bits per heavy atom. The molecule has 20 nitrogen and oxygen atoms in total. The van der Waals surface area contributed by atoms with E-state index in [0.717, 1.165) is 54.8 Å². The third kappa shape index (κ3) is 10.6. The van der Waals surface area contributed by atoms with Crippen LogP contribution >= 0.6 is 0 Å². The number of sulfonamides is 1. The molecule has 67 heavy (non-hydrogen) atoms. The predicted molar refractivity (Wildman–Crippen MR) is 251 cm³/mol. The fourth-order valence-electron chi connectivity index (χ4n) is 8.76. The third-order valence-electron chi connectivity index (χ3n) is 12.1. The van der Waals surface area contributed by atoms with Crippen LogP contribution in [0.25, 0.3) is 0 Å². The second-order valence-corrected chi connectivity index (χ2v) is 21.0. The first-order chi connectivity index (χ1) is 31.9. The van der Waals surface area contributed by atoms with Gasteiger partial charge in [-0.15, -0.1) is 10.2 Å². The molecule has 2 fully saturated rings. The van der Waals surface area contributed by atoms with Crippen LogP contribution in [-0.2, 0) is 44.8 Å². The summed E-state index contributed by atoms with van der Waals surface area (Å²) < 4.78 is 42.5. The molecule has 0 atom stereocenters. The lowest BCUT2D eigenvalue weighted by molar-refractivity contribution is 0.190. The largest absolute Gasteiger partial charge is 0.434 e.